The molecule has 7 aromatic carbocycles. The first kappa shape index (κ1) is 28.5. The van der Waals surface area contributed by atoms with Crippen LogP contribution < -0.4 is 0 Å². The molecule has 9 aromatic rings. The van der Waals surface area contributed by atoms with Crippen LogP contribution in [0.3, 0.4) is 0 Å². The van der Waals surface area contributed by atoms with Crippen LogP contribution in [0.1, 0.15) is 50.7 Å². The van der Waals surface area contributed by atoms with Gasteiger partial charge < -0.3 is 4.42 Å². The van der Waals surface area contributed by atoms with Crippen molar-refractivity contribution in [2.24, 2.45) is 0 Å². The van der Waals surface area contributed by atoms with E-state index in [9.17, 15) is 0 Å². The Balaban J connectivity index is 1.39. The van der Waals surface area contributed by atoms with E-state index in [0.717, 1.165) is 44.4 Å². The Bertz CT molecular complexity index is 2640. The van der Waals surface area contributed by atoms with E-state index in [0.29, 0.717) is 0 Å². The molecule has 3 nitrogen and oxygen atoms in total. The summed E-state index contributed by atoms with van der Waals surface area (Å²) < 4.78 is 9.27. The van der Waals surface area contributed by atoms with Crippen LogP contribution in [0, 0.1) is 0 Å². The van der Waals surface area contributed by atoms with Crippen molar-refractivity contribution in [2.45, 2.75) is 39.5 Å². The summed E-state index contributed by atoms with van der Waals surface area (Å²) in [5.74, 6) is 1.47. The molecule has 0 aliphatic carbocycles. The minimum atomic E-state index is 0.289. The zero-order valence-electron chi connectivity index (χ0n) is 27.7. The third kappa shape index (κ3) is 4.31. The second-order valence-electron chi connectivity index (χ2n) is 13.5. The Morgan fingerprint density at radius 3 is 2.02 bits per heavy atom. The van der Waals surface area contributed by atoms with Gasteiger partial charge in [0.05, 0.1) is 22.3 Å². The average Bonchev–Trinajstić information content (AvgIpc) is 3.70. The molecule has 0 spiro atoms. The summed E-state index contributed by atoms with van der Waals surface area (Å²) in [6, 6.07) is 47.9. The van der Waals surface area contributed by atoms with Gasteiger partial charge in [-0.2, -0.15) is 0 Å². The Kier molecular flexibility index (Phi) is 6.52. The third-order valence-corrected chi connectivity index (χ3v) is 9.91. The number of benzene rings is 7. The van der Waals surface area contributed by atoms with Gasteiger partial charge >= 0.3 is 0 Å². The molecule has 0 saturated heterocycles. The van der Waals surface area contributed by atoms with Crippen LogP contribution in [-0.2, 0) is 0 Å². The van der Waals surface area contributed by atoms with Gasteiger partial charge in [-0.1, -0.05) is 125 Å². The van der Waals surface area contributed by atoms with Crippen molar-refractivity contribution < 1.29 is 4.42 Å². The standard InChI is InChI=1S/C45H36N2O/c1-27(2)36-25-32(29-13-6-5-7-14-29)26-37(28(3)4)43(36)47-39-20-11-10-19-38(39)46-45(47)35-18-12-17-34-42-40(48-44(34)35)24-23-31-22-21-30-15-8-9-16-33(30)41(31)42/h5-28H,1-4H3. The molecule has 48 heavy (non-hydrogen) atoms. The van der Waals surface area contributed by atoms with Crippen molar-refractivity contribution in [3.63, 3.8) is 0 Å². The van der Waals surface area contributed by atoms with Crippen LogP contribution in [0.2, 0.25) is 0 Å². The molecule has 232 valence electrons. The summed E-state index contributed by atoms with van der Waals surface area (Å²) in [4.78, 5) is 5.38. The van der Waals surface area contributed by atoms with Crippen LogP contribution in [0.15, 0.2) is 138 Å². The minimum Gasteiger partial charge on any atom is -0.455 e. The van der Waals surface area contributed by atoms with Crippen LogP contribution in [-0.4, -0.2) is 9.55 Å². The van der Waals surface area contributed by atoms with E-state index in [4.69, 9.17) is 9.40 Å². The summed E-state index contributed by atoms with van der Waals surface area (Å²) in [5.41, 5.74) is 11.1. The van der Waals surface area contributed by atoms with Crippen molar-refractivity contribution in [2.75, 3.05) is 0 Å². The molecule has 0 fully saturated rings. The zero-order chi connectivity index (χ0) is 32.5. The van der Waals surface area contributed by atoms with E-state index >= 15 is 0 Å². The van der Waals surface area contributed by atoms with Gasteiger partial charge in [0.1, 0.15) is 17.0 Å². The summed E-state index contributed by atoms with van der Waals surface area (Å²) in [6.07, 6.45) is 0. The molecule has 0 unspecified atom stereocenters. The number of hydrogen-bond donors (Lipinski definition) is 0. The monoisotopic (exact) mass is 620 g/mol. The van der Waals surface area contributed by atoms with Gasteiger partial charge in [-0.3, -0.25) is 4.57 Å². The molecule has 0 amide bonds. The number of hydrogen-bond acceptors (Lipinski definition) is 2. The topological polar surface area (TPSA) is 31.0 Å². The molecule has 0 N–H and O–H groups in total. The van der Waals surface area contributed by atoms with E-state index in [1.807, 2.05) is 0 Å². The molecule has 2 aromatic heterocycles. The van der Waals surface area contributed by atoms with Gasteiger partial charge in [-0.15, -0.1) is 0 Å². The molecule has 0 aliphatic rings. The molecular weight excluding hydrogens is 585 g/mol. The fourth-order valence-electron chi connectivity index (χ4n) is 7.61. The summed E-state index contributed by atoms with van der Waals surface area (Å²) in [5, 5.41) is 7.17. The average molecular weight is 621 g/mol. The lowest BCUT2D eigenvalue weighted by molar-refractivity contribution is 0.669. The molecule has 0 bridgehead atoms. The molecule has 2 heterocycles. The zero-order valence-corrected chi connectivity index (χ0v) is 27.7. The summed E-state index contributed by atoms with van der Waals surface area (Å²) in [6.45, 7) is 9.19. The van der Waals surface area contributed by atoms with Crippen LogP contribution in [0.25, 0.3) is 82.7 Å². The Morgan fingerprint density at radius 1 is 0.562 bits per heavy atom. The number of fused-ring (bicyclic) bond motifs is 8. The molecule has 0 radical (unpaired) electrons. The van der Waals surface area contributed by atoms with E-state index < -0.39 is 0 Å². The highest BCUT2D eigenvalue weighted by atomic mass is 16.3. The highest BCUT2D eigenvalue weighted by molar-refractivity contribution is 6.27. The Hall–Kier alpha value is -5.67. The predicted molar refractivity (Wildman–Crippen MR) is 202 cm³/mol. The quantitative estimate of drug-likeness (QED) is 0.179. The van der Waals surface area contributed by atoms with Gasteiger partial charge in [0.15, 0.2) is 0 Å². The maximum absolute atomic E-state index is 6.86. The molecule has 0 aliphatic heterocycles. The summed E-state index contributed by atoms with van der Waals surface area (Å²) >= 11 is 0. The van der Waals surface area contributed by atoms with Gasteiger partial charge in [0.25, 0.3) is 0 Å². The maximum atomic E-state index is 6.86. The lowest BCUT2D eigenvalue weighted by Gasteiger charge is -2.24. The Morgan fingerprint density at radius 2 is 1.23 bits per heavy atom. The predicted octanol–water partition coefficient (Wildman–Crippen LogP) is 12.8. The van der Waals surface area contributed by atoms with E-state index in [-0.39, 0.29) is 11.8 Å². The number of aromatic nitrogens is 2. The minimum absolute atomic E-state index is 0.289. The number of nitrogens with zero attached hydrogens (tertiary/aromatic N) is 2. The van der Waals surface area contributed by atoms with E-state index in [1.165, 1.54) is 49.5 Å². The van der Waals surface area contributed by atoms with E-state index in [2.05, 4.69) is 166 Å². The van der Waals surface area contributed by atoms with Gasteiger partial charge in [-0.25, -0.2) is 4.98 Å². The van der Waals surface area contributed by atoms with Crippen LogP contribution >= 0.6 is 0 Å². The molecule has 3 heteroatoms. The largest absolute Gasteiger partial charge is 0.455 e. The number of imidazole rings is 1. The SMILES string of the molecule is CC(C)c1cc(-c2ccccc2)cc(C(C)C)c1-n1c(-c2cccc3c2oc2ccc4ccc5ccccc5c4c23)nc2ccccc21. The lowest BCUT2D eigenvalue weighted by atomic mass is 9.88. The van der Waals surface area contributed by atoms with Gasteiger partial charge in [0, 0.05) is 16.2 Å². The first-order chi connectivity index (χ1) is 23.5. The number of para-hydroxylation sites is 3. The van der Waals surface area contributed by atoms with Gasteiger partial charge in [-0.05, 0) is 86.6 Å². The van der Waals surface area contributed by atoms with Crippen molar-refractivity contribution in [3.8, 4) is 28.2 Å². The van der Waals surface area contributed by atoms with Crippen molar-refractivity contribution in [1.29, 1.82) is 0 Å². The first-order valence-electron chi connectivity index (χ1n) is 16.9. The highest BCUT2D eigenvalue weighted by Crippen LogP contribution is 2.44. The fraction of sp³-hybridized carbons (Fsp3) is 0.133. The van der Waals surface area contributed by atoms with Crippen LogP contribution in [0.4, 0.5) is 0 Å². The number of furan rings is 1. The number of rotatable bonds is 5. The third-order valence-electron chi connectivity index (χ3n) is 9.91. The molecular formula is C45H36N2O. The van der Waals surface area contributed by atoms with Crippen molar-refractivity contribution in [1.82, 2.24) is 9.55 Å². The molecule has 0 saturated carbocycles. The van der Waals surface area contributed by atoms with Crippen LogP contribution in [0.5, 0.6) is 0 Å². The molecule has 9 rings (SSSR count). The Labute approximate surface area is 280 Å². The molecule has 0 atom stereocenters. The fourth-order valence-corrected chi connectivity index (χ4v) is 7.61. The van der Waals surface area contributed by atoms with Crippen molar-refractivity contribution >= 4 is 54.5 Å². The summed E-state index contributed by atoms with van der Waals surface area (Å²) in [7, 11) is 0. The van der Waals surface area contributed by atoms with E-state index in [1.54, 1.807) is 0 Å². The van der Waals surface area contributed by atoms with Gasteiger partial charge in [0.2, 0.25) is 0 Å². The smallest absolute Gasteiger partial charge is 0.149 e. The highest BCUT2D eigenvalue weighted by Gasteiger charge is 2.25. The second-order valence-corrected chi connectivity index (χ2v) is 13.5. The normalized spacial score (nSPS) is 12.1. The lowest BCUT2D eigenvalue weighted by Crippen LogP contribution is -2.09. The second kappa shape index (κ2) is 11.0. The maximum Gasteiger partial charge on any atom is 0.149 e. The van der Waals surface area contributed by atoms with Crippen molar-refractivity contribution in [3.05, 3.63) is 145 Å². The first-order valence-corrected chi connectivity index (χ1v) is 16.9.